The number of Topliss-reactive ketones (excluding diaryl/α,β-unsaturated/α-hetero) is 1. The van der Waals surface area contributed by atoms with E-state index >= 15 is 0 Å². The number of carbonyl (C=O) groups is 2. The van der Waals surface area contributed by atoms with Crippen molar-refractivity contribution >= 4 is 27.7 Å². The van der Waals surface area contributed by atoms with Crippen molar-refractivity contribution in [1.82, 2.24) is 0 Å². The zero-order chi connectivity index (χ0) is 11.4. The summed E-state index contributed by atoms with van der Waals surface area (Å²) in [4.78, 5) is 22.7. The highest BCUT2D eigenvalue weighted by molar-refractivity contribution is 9.10. The summed E-state index contributed by atoms with van der Waals surface area (Å²) < 4.78 is 5.16. The van der Waals surface area contributed by atoms with E-state index in [-0.39, 0.29) is 22.5 Å². The molecule has 0 aromatic rings. The van der Waals surface area contributed by atoms with E-state index in [2.05, 4.69) is 15.9 Å². The van der Waals surface area contributed by atoms with Gasteiger partial charge in [0.2, 0.25) is 0 Å². The van der Waals surface area contributed by atoms with Crippen molar-refractivity contribution in [3.63, 3.8) is 0 Å². The molecule has 2 atom stereocenters. The van der Waals surface area contributed by atoms with E-state index in [1.165, 1.54) is 0 Å². The second kappa shape index (κ2) is 5.64. The van der Waals surface area contributed by atoms with Crippen LogP contribution < -0.4 is 0 Å². The second-order valence-electron chi connectivity index (χ2n) is 4.43. The van der Waals surface area contributed by atoms with Crippen LogP contribution in [0.2, 0.25) is 0 Å². The second-order valence-corrected chi connectivity index (χ2v) is 5.53. The van der Waals surface area contributed by atoms with Gasteiger partial charge in [-0.3, -0.25) is 9.59 Å². The fourth-order valence-corrected chi connectivity index (χ4v) is 2.23. The number of alkyl halides is 1. The molecular formula is C11H17BrO3. The van der Waals surface area contributed by atoms with Gasteiger partial charge in [-0.15, -0.1) is 0 Å². The van der Waals surface area contributed by atoms with Crippen molar-refractivity contribution in [2.24, 2.45) is 11.8 Å². The molecule has 0 spiro atoms. The Labute approximate surface area is 98.7 Å². The Bertz CT molecular complexity index is 250. The summed E-state index contributed by atoms with van der Waals surface area (Å²) in [6, 6.07) is 0. The molecule has 3 nitrogen and oxygen atoms in total. The first kappa shape index (κ1) is 12.7. The molecule has 15 heavy (non-hydrogen) atoms. The topological polar surface area (TPSA) is 43.4 Å². The molecule has 1 rings (SSSR count). The van der Waals surface area contributed by atoms with E-state index in [9.17, 15) is 9.59 Å². The third-order valence-electron chi connectivity index (χ3n) is 2.47. The van der Waals surface area contributed by atoms with Crippen LogP contribution in [0.15, 0.2) is 0 Å². The van der Waals surface area contributed by atoms with Crippen LogP contribution in [0.1, 0.15) is 33.1 Å². The Morgan fingerprint density at radius 3 is 2.80 bits per heavy atom. The maximum absolute atomic E-state index is 11.6. The highest BCUT2D eigenvalue weighted by Crippen LogP contribution is 2.27. The molecule has 0 radical (unpaired) electrons. The van der Waals surface area contributed by atoms with E-state index < -0.39 is 0 Å². The van der Waals surface area contributed by atoms with Gasteiger partial charge in [0.15, 0.2) is 0 Å². The van der Waals surface area contributed by atoms with Crippen LogP contribution in [0.25, 0.3) is 0 Å². The molecule has 1 fully saturated rings. The van der Waals surface area contributed by atoms with Crippen molar-refractivity contribution in [1.29, 1.82) is 0 Å². The van der Waals surface area contributed by atoms with E-state index in [4.69, 9.17) is 4.74 Å². The maximum Gasteiger partial charge on any atom is 0.309 e. The lowest BCUT2D eigenvalue weighted by Gasteiger charge is -2.23. The third kappa shape index (κ3) is 3.93. The van der Waals surface area contributed by atoms with Crippen LogP contribution in [0.3, 0.4) is 0 Å². The first-order chi connectivity index (χ1) is 7.00. The number of rotatable bonds is 3. The molecule has 0 bridgehead atoms. The van der Waals surface area contributed by atoms with E-state index in [0.29, 0.717) is 31.8 Å². The van der Waals surface area contributed by atoms with Crippen LogP contribution >= 0.6 is 15.9 Å². The van der Waals surface area contributed by atoms with Crippen LogP contribution in [0.5, 0.6) is 0 Å². The summed E-state index contributed by atoms with van der Waals surface area (Å²) in [6.45, 7) is 4.48. The van der Waals surface area contributed by atoms with Gasteiger partial charge in [0, 0.05) is 6.42 Å². The highest BCUT2D eigenvalue weighted by Gasteiger charge is 2.31. The van der Waals surface area contributed by atoms with Gasteiger partial charge in [0.05, 0.1) is 17.4 Å². The van der Waals surface area contributed by atoms with Crippen LogP contribution in [-0.2, 0) is 14.3 Å². The zero-order valence-electron chi connectivity index (χ0n) is 9.16. The van der Waals surface area contributed by atoms with Crippen molar-refractivity contribution in [2.45, 2.75) is 37.9 Å². The summed E-state index contributed by atoms with van der Waals surface area (Å²) in [5.41, 5.74) is 0. The van der Waals surface area contributed by atoms with Gasteiger partial charge in [-0.1, -0.05) is 29.8 Å². The summed E-state index contributed by atoms with van der Waals surface area (Å²) >= 11 is 3.29. The lowest BCUT2D eigenvalue weighted by molar-refractivity contribution is -0.151. The minimum Gasteiger partial charge on any atom is -0.465 e. The Hall–Kier alpha value is -0.380. The lowest BCUT2D eigenvalue weighted by atomic mass is 9.88. The Kier molecular flexibility index (Phi) is 4.77. The summed E-state index contributed by atoms with van der Waals surface area (Å²) in [5.74, 6) is 0.299. The molecule has 4 heteroatoms. The number of hydrogen-bond donors (Lipinski definition) is 0. The molecule has 2 unspecified atom stereocenters. The van der Waals surface area contributed by atoms with Crippen LogP contribution in [-0.4, -0.2) is 23.2 Å². The number of ether oxygens (including phenoxy) is 1. The Balaban J connectivity index is 2.37. The molecule has 1 aliphatic rings. The van der Waals surface area contributed by atoms with Gasteiger partial charge < -0.3 is 4.74 Å². The smallest absolute Gasteiger partial charge is 0.309 e. The Morgan fingerprint density at radius 2 is 2.27 bits per heavy atom. The van der Waals surface area contributed by atoms with Crippen molar-refractivity contribution in [3.05, 3.63) is 0 Å². The molecule has 1 saturated carbocycles. The van der Waals surface area contributed by atoms with Gasteiger partial charge in [-0.2, -0.15) is 0 Å². The standard InChI is InChI=1S/C11H17BrO3/c1-7(2)6-15-11(14)8-3-4-10(13)9(12)5-8/h7-9H,3-6H2,1-2H3. The molecule has 0 amide bonds. The molecule has 86 valence electrons. The molecule has 0 heterocycles. The van der Waals surface area contributed by atoms with Crippen molar-refractivity contribution in [3.8, 4) is 0 Å². The quantitative estimate of drug-likeness (QED) is 0.587. The monoisotopic (exact) mass is 276 g/mol. The first-order valence-electron chi connectivity index (χ1n) is 5.34. The number of carbonyl (C=O) groups excluding carboxylic acids is 2. The van der Waals surface area contributed by atoms with Gasteiger partial charge in [-0.25, -0.2) is 0 Å². The summed E-state index contributed by atoms with van der Waals surface area (Å²) in [5, 5.41) is 0. The number of esters is 1. The maximum atomic E-state index is 11.6. The molecular weight excluding hydrogens is 260 g/mol. The van der Waals surface area contributed by atoms with Gasteiger partial charge >= 0.3 is 5.97 Å². The SMILES string of the molecule is CC(C)COC(=O)C1CCC(=O)C(Br)C1. The largest absolute Gasteiger partial charge is 0.465 e. The zero-order valence-corrected chi connectivity index (χ0v) is 10.7. The molecule has 1 aliphatic carbocycles. The summed E-state index contributed by atoms with van der Waals surface area (Å²) in [7, 11) is 0. The molecule has 0 aromatic carbocycles. The molecule has 0 aromatic heterocycles. The minimum absolute atomic E-state index is 0.106. The molecule has 0 saturated heterocycles. The lowest BCUT2D eigenvalue weighted by Crippen LogP contribution is -2.31. The normalized spacial score (nSPS) is 26.8. The average molecular weight is 277 g/mol. The number of ketones is 1. The minimum atomic E-state index is -0.164. The highest BCUT2D eigenvalue weighted by atomic mass is 79.9. The average Bonchev–Trinajstić information content (AvgIpc) is 2.18. The predicted octanol–water partition coefficient (Wildman–Crippen LogP) is 2.32. The van der Waals surface area contributed by atoms with Crippen molar-refractivity contribution < 1.29 is 14.3 Å². The van der Waals surface area contributed by atoms with E-state index in [0.717, 1.165) is 0 Å². The molecule has 0 N–H and O–H groups in total. The summed E-state index contributed by atoms with van der Waals surface area (Å²) in [6.07, 6.45) is 1.70. The third-order valence-corrected chi connectivity index (χ3v) is 3.36. The predicted molar refractivity (Wildman–Crippen MR) is 60.9 cm³/mol. The van der Waals surface area contributed by atoms with Crippen molar-refractivity contribution in [2.75, 3.05) is 6.61 Å². The van der Waals surface area contributed by atoms with Gasteiger partial charge in [0.25, 0.3) is 0 Å². The number of halogens is 1. The fraction of sp³-hybridized carbons (Fsp3) is 0.818. The molecule has 0 aliphatic heterocycles. The first-order valence-corrected chi connectivity index (χ1v) is 6.25. The van der Waals surface area contributed by atoms with Gasteiger partial charge in [0.1, 0.15) is 5.78 Å². The van der Waals surface area contributed by atoms with Gasteiger partial charge in [-0.05, 0) is 18.8 Å². The fourth-order valence-electron chi connectivity index (χ4n) is 1.55. The van der Waals surface area contributed by atoms with Crippen LogP contribution in [0, 0.1) is 11.8 Å². The van der Waals surface area contributed by atoms with E-state index in [1.54, 1.807) is 0 Å². The van der Waals surface area contributed by atoms with E-state index in [1.807, 2.05) is 13.8 Å². The number of hydrogen-bond acceptors (Lipinski definition) is 3. The Morgan fingerprint density at radius 1 is 1.60 bits per heavy atom. The van der Waals surface area contributed by atoms with Crippen LogP contribution in [0.4, 0.5) is 0 Å².